The second-order valence-electron chi connectivity index (χ2n) is 8.34. The molecule has 2 aliphatic carbocycles. The fraction of sp³-hybridized carbons (Fsp3) is 0.409. The summed E-state index contributed by atoms with van der Waals surface area (Å²) in [5.74, 6) is -0.944. The van der Waals surface area contributed by atoms with Gasteiger partial charge in [0.05, 0.1) is 21.1 Å². The molecule has 4 rings (SSSR count). The van der Waals surface area contributed by atoms with Crippen LogP contribution in [0.1, 0.15) is 54.5 Å². The zero-order valence-corrected chi connectivity index (χ0v) is 17.8. The number of hydrogen-bond acceptors (Lipinski definition) is 3. The van der Waals surface area contributed by atoms with Gasteiger partial charge in [-0.2, -0.15) is 0 Å². The number of urea groups is 1. The maximum atomic E-state index is 14.7. The Morgan fingerprint density at radius 1 is 1.07 bits per heavy atom. The largest absolute Gasteiger partial charge is 0.386 e. The number of carbonyl (C=O) groups excluding carboxylic acids is 1. The van der Waals surface area contributed by atoms with E-state index in [1.165, 1.54) is 26.0 Å². The zero-order chi connectivity index (χ0) is 21.6. The Morgan fingerprint density at radius 3 is 2.17 bits per heavy atom. The van der Waals surface area contributed by atoms with Crippen molar-refractivity contribution in [3.63, 3.8) is 0 Å². The molecular formula is C22H24F2N2O3S. The van der Waals surface area contributed by atoms with Crippen LogP contribution in [-0.4, -0.2) is 15.3 Å². The number of nitrogens with one attached hydrogen (secondary N) is 1. The van der Waals surface area contributed by atoms with Gasteiger partial charge in [-0.25, -0.2) is 17.8 Å². The van der Waals surface area contributed by atoms with Crippen molar-refractivity contribution >= 4 is 22.3 Å². The van der Waals surface area contributed by atoms with Crippen LogP contribution >= 0.6 is 0 Å². The number of thiol groups is 1. The number of hydrogen-bond donors (Lipinski definition) is 3. The van der Waals surface area contributed by atoms with E-state index in [1.54, 1.807) is 0 Å². The molecule has 0 spiro atoms. The van der Waals surface area contributed by atoms with Crippen LogP contribution in [0, 0.1) is 11.6 Å². The normalized spacial score (nSPS) is 16.4. The summed E-state index contributed by atoms with van der Waals surface area (Å²) in [6.45, 7) is 3.03. The third-order valence-electron chi connectivity index (χ3n) is 5.84. The molecule has 2 aliphatic rings. The SMILES string of the molecule is CC(C)(O)c1ccc(/[SH](=O)=N\C(=O)Nc2c3c(c(F)c4c2CCC4)CCC3)c(F)c1. The number of amides is 2. The Morgan fingerprint density at radius 2 is 1.63 bits per heavy atom. The Kier molecular flexibility index (Phi) is 5.40. The quantitative estimate of drug-likeness (QED) is 0.626. The van der Waals surface area contributed by atoms with Crippen molar-refractivity contribution in [2.45, 2.75) is 62.9 Å². The second kappa shape index (κ2) is 7.74. The van der Waals surface area contributed by atoms with Crippen LogP contribution in [0.4, 0.5) is 19.3 Å². The number of anilines is 1. The number of halogens is 2. The number of nitrogens with zero attached hydrogens (tertiary/aromatic N) is 1. The lowest BCUT2D eigenvalue weighted by molar-refractivity contribution is 0.0781. The van der Waals surface area contributed by atoms with E-state index < -0.39 is 28.0 Å². The third kappa shape index (κ3) is 3.74. The number of rotatable bonds is 3. The highest BCUT2D eigenvalue weighted by molar-refractivity contribution is 7.75. The van der Waals surface area contributed by atoms with E-state index in [4.69, 9.17) is 0 Å². The van der Waals surface area contributed by atoms with Gasteiger partial charge in [-0.05, 0) is 92.3 Å². The molecule has 0 bridgehead atoms. The van der Waals surface area contributed by atoms with Gasteiger partial charge < -0.3 is 10.4 Å². The second-order valence-corrected chi connectivity index (χ2v) is 9.57. The molecule has 2 N–H and O–H groups in total. The van der Waals surface area contributed by atoms with Crippen LogP contribution in [0.5, 0.6) is 0 Å². The molecule has 0 aliphatic heterocycles. The summed E-state index contributed by atoms with van der Waals surface area (Å²) in [4.78, 5) is 12.3. The van der Waals surface area contributed by atoms with Gasteiger partial charge in [0, 0.05) is 5.69 Å². The minimum Gasteiger partial charge on any atom is -0.386 e. The first-order valence-corrected chi connectivity index (χ1v) is 11.3. The molecule has 0 saturated carbocycles. The van der Waals surface area contributed by atoms with E-state index in [2.05, 4.69) is 9.68 Å². The Hall–Kier alpha value is -2.32. The molecule has 2 aromatic rings. The minimum absolute atomic E-state index is 0.148. The highest BCUT2D eigenvalue weighted by atomic mass is 32.2. The minimum atomic E-state index is -2.67. The number of fused-ring (bicyclic) bond motifs is 2. The van der Waals surface area contributed by atoms with Gasteiger partial charge in [-0.15, -0.1) is 4.36 Å². The van der Waals surface area contributed by atoms with Crippen molar-refractivity contribution in [2.75, 3.05) is 5.32 Å². The first kappa shape index (κ1) is 20.9. The highest BCUT2D eigenvalue weighted by Crippen LogP contribution is 2.41. The Labute approximate surface area is 175 Å². The van der Waals surface area contributed by atoms with Gasteiger partial charge >= 0.3 is 6.03 Å². The van der Waals surface area contributed by atoms with Gasteiger partial charge in [-0.3, -0.25) is 0 Å². The van der Waals surface area contributed by atoms with E-state index in [-0.39, 0.29) is 10.7 Å². The molecule has 8 heteroatoms. The van der Waals surface area contributed by atoms with Crippen LogP contribution in [0.3, 0.4) is 0 Å². The molecule has 0 saturated heterocycles. The third-order valence-corrected chi connectivity index (χ3v) is 6.98. The van der Waals surface area contributed by atoms with Gasteiger partial charge in [-0.1, -0.05) is 6.07 Å². The van der Waals surface area contributed by atoms with Gasteiger partial charge in [0.2, 0.25) is 0 Å². The topological polar surface area (TPSA) is 78.8 Å². The molecule has 160 valence electrons. The fourth-order valence-corrected chi connectivity index (χ4v) is 5.12. The van der Waals surface area contributed by atoms with E-state index in [0.717, 1.165) is 30.0 Å². The summed E-state index contributed by atoms with van der Waals surface area (Å²) in [6.07, 6.45) is 4.27. The van der Waals surface area contributed by atoms with Crippen LogP contribution in [0.15, 0.2) is 27.5 Å². The molecule has 0 fully saturated rings. The fourth-order valence-electron chi connectivity index (χ4n) is 4.35. The molecule has 0 radical (unpaired) electrons. The summed E-state index contributed by atoms with van der Waals surface area (Å²) < 4.78 is 45.3. The van der Waals surface area contributed by atoms with Crippen molar-refractivity contribution in [3.05, 3.63) is 57.7 Å². The summed E-state index contributed by atoms with van der Waals surface area (Å²) in [5, 5.41) is 12.7. The Balaban J connectivity index is 1.63. The summed E-state index contributed by atoms with van der Waals surface area (Å²) >= 11 is 0. The predicted octanol–water partition coefficient (Wildman–Crippen LogP) is 4.43. The molecule has 0 aromatic heterocycles. The van der Waals surface area contributed by atoms with Gasteiger partial charge in [0.1, 0.15) is 11.6 Å². The van der Waals surface area contributed by atoms with Crippen molar-refractivity contribution in [3.8, 4) is 0 Å². The number of aliphatic hydroxyl groups is 1. The van der Waals surface area contributed by atoms with Crippen LogP contribution in [-0.2, 0) is 41.9 Å². The first-order valence-electron chi connectivity index (χ1n) is 10.0. The maximum Gasteiger partial charge on any atom is 0.353 e. The molecule has 1 atom stereocenters. The monoisotopic (exact) mass is 434 g/mol. The van der Waals surface area contributed by atoms with Crippen LogP contribution in [0.2, 0.25) is 0 Å². The number of benzene rings is 2. The van der Waals surface area contributed by atoms with E-state index in [9.17, 15) is 22.9 Å². The molecule has 0 heterocycles. The van der Waals surface area contributed by atoms with Crippen molar-refractivity contribution < 1.29 is 22.9 Å². The lowest BCUT2D eigenvalue weighted by Crippen LogP contribution is -2.16. The van der Waals surface area contributed by atoms with Crippen LogP contribution < -0.4 is 5.32 Å². The van der Waals surface area contributed by atoms with E-state index >= 15 is 0 Å². The van der Waals surface area contributed by atoms with Crippen LogP contribution in [0.25, 0.3) is 0 Å². The summed E-state index contributed by atoms with van der Waals surface area (Å²) in [6, 6.07) is 2.98. The van der Waals surface area contributed by atoms with Gasteiger partial charge in [0.15, 0.2) is 0 Å². The molecule has 1 unspecified atom stereocenters. The highest BCUT2D eigenvalue weighted by Gasteiger charge is 2.29. The van der Waals surface area contributed by atoms with Gasteiger partial charge in [0.25, 0.3) is 0 Å². The number of carbonyl (C=O) groups is 1. The average molecular weight is 435 g/mol. The van der Waals surface area contributed by atoms with E-state index in [0.29, 0.717) is 48.1 Å². The average Bonchev–Trinajstić information content (AvgIpc) is 3.34. The molecule has 5 nitrogen and oxygen atoms in total. The molecule has 2 amide bonds. The molecular weight excluding hydrogens is 410 g/mol. The summed E-state index contributed by atoms with van der Waals surface area (Å²) in [7, 11) is -2.67. The molecule has 2 aromatic carbocycles. The van der Waals surface area contributed by atoms with Crippen molar-refractivity contribution in [1.29, 1.82) is 0 Å². The lowest BCUT2D eigenvalue weighted by atomic mass is 9.98. The zero-order valence-electron chi connectivity index (χ0n) is 16.9. The predicted molar refractivity (Wildman–Crippen MR) is 111 cm³/mol. The standard InChI is InChI=1S/C22H24F2N2O3S/c1-22(2,28)12-9-10-18(17(23)11-12)30(29)26-21(27)25-20-15-7-3-5-13(15)19(24)14-6-4-8-16(14)20/h9-11,28,30H,3-8H2,1-2H3,(H,25,27). The smallest absolute Gasteiger partial charge is 0.353 e. The maximum absolute atomic E-state index is 14.7. The summed E-state index contributed by atoms with van der Waals surface area (Å²) in [5.41, 5.74) is 2.58. The lowest BCUT2D eigenvalue weighted by Gasteiger charge is -2.18. The Bertz CT molecular complexity index is 1100. The first-order chi connectivity index (χ1) is 14.2. The van der Waals surface area contributed by atoms with Crippen molar-refractivity contribution in [1.82, 2.24) is 0 Å². The van der Waals surface area contributed by atoms with E-state index in [1.807, 2.05) is 0 Å². The van der Waals surface area contributed by atoms with Crippen molar-refractivity contribution in [2.24, 2.45) is 4.36 Å². The molecule has 30 heavy (non-hydrogen) atoms.